The Balaban J connectivity index is 1.83. The molecule has 0 atom stereocenters. The maximum atomic E-state index is 12.4. The Kier molecular flexibility index (Phi) is 4.61. The van der Waals surface area contributed by atoms with Crippen LogP contribution < -0.4 is 10.9 Å². The molecule has 126 valence electrons. The summed E-state index contributed by atoms with van der Waals surface area (Å²) in [4.78, 5) is 17.3. The van der Waals surface area contributed by atoms with Gasteiger partial charge in [-0.05, 0) is 33.1 Å². The van der Waals surface area contributed by atoms with E-state index in [9.17, 15) is 4.79 Å². The lowest BCUT2D eigenvalue weighted by molar-refractivity contribution is 0.405. The number of aromatic nitrogens is 4. The number of para-hydroxylation sites is 1. The minimum Gasteiger partial charge on any atom is -0.354 e. The van der Waals surface area contributed by atoms with E-state index >= 15 is 0 Å². The fourth-order valence-corrected chi connectivity index (χ4v) is 2.73. The highest BCUT2D eigenvalue weighted by Gasteiger charge is 2.13. The highest BCUT2D eigenvalue weighted by atomic mass is 16.1. The van der Waals surface area contributed by atoms with Crippen LogP contribution in [-0.4, -0.2) is 51.8 Å². The zero-order valence-corrected chi connectivity index (χ0v) is 14.2. The normalized spacial score (nSPS) is 11.3. The molecule has 7 heteroatoms. The summed E-state index contributed by atoms with van der Waals surface area (Å²) in [5.74, 6) is 0.405. The first-order valence-electron chi connectivity index (χ1n) is 7.96. The van der Waals surface area contributed by atoms with E-state index < -0.39 is 0 Å². The number of hydrogen-bond donors (Lipinski definition) is 2. The monoisotopic (exact) mass is 326 g/mol. The Bertz CT molecular complexity index is 895. The molecule has 0 bridgehead atoms. The van der Waals surface area contributed by atoms with Crippen molar-refractivity contribution in [2.24, 2.45) is 7.05 Å². The number of hydrogen-bond acceptors (Lipinski definition) is 5. The van der Waals surface area contributed by atoms with Crippen molar-refractivity contribution < 1.29 is 0 Å². The van der Waals surface area contributed by atoms with Gasteiger partial charge in [-0.3, -0.25) is 9.78 Å². The van der Waals surface area contributed by atoms with Gasteiger partial charge in [-0.1, -0.05) is 18.2 Å². The fourth-order valence-electron chi connectivity index (χ4n) is 2.73. The van der Waals surface area contributed by atoms with Gasteiger partial charge in [0.15, 0.2) is 5.69 Å². The zero-order chi connectivity index (χ0) is 17.1. The van der Waals surface area contributed by atoms with Crippen molar-refractivity contribution in [3.63, 3.8) is 0 Å². The first-order valence-corrected chi connectivity index (χ1v) is 7.96. The zero-order valence-electron chi connectivity index (χ0n) is 14.2. The Hall–Kier alpha value is -2.67. The van der Waals surface area contributed by atoms with Crippen LogP contribution in [0.1, 0.15) is 6.42 Å². The van der Waals surface area contributed by atoms with E-state index in [1.54, 1.807) is 0 Å². The number of nitrogens with one attached hydrogen (secondary N) is 2. The van der Waals surface area contributed by atoms with Crippen molar-refractivity contribution in [2.45, 2.75) is 6.42 Å². The van der Waals surface area contributed by atoms with Gasteiger partial charge < -0.3 is 14.8 Å². The number of benzene rings is 1. The number of nitrogens with zero attached hydrogens (tertiary/aromatic N) is 4. The quantitative estimate of drug-likeness (QED) is 0.674. The van der Waals surface area contributed by atoms with Gasteiger partial charge in [0, 0.05) is 36.3 Å². The SMILES string of the molecule is CN(C)CCCNc1nnc(-c2cn(C)c3ccccc23)c(=O)[nH]1. The van der Waals surface area contributed by atoms with Crippen LogP contribution in [0, 0.1) is 0 Å². The second-order valence-corrected chi connectivity index (χ2v) is 6.11. The lowest BCUT2D eigenvalue weighted by atomic mass is 10.1. The molecule has 3 rings (SSSR count). The predicted molar refractivity (Wildman–Crippen MR) is 96.2 cm³/mol. The molecule has 3 aromatic rings. The Labute approximate surface area is 140 Å². The van der Waals surface area contributed by atoms with E-state index in [0.717, 1.165) is 36.0 Å². The third-order valence-electron chi connectivity index (χ3n) is 3.92. The van der Waals surface area contributed by atoms with Gasteiger partial charge >= 0.3 is 0 Å². The van der Waals surface area contributed by atoms with Crippen molar-refractivity contribution in [2.75, 3.05) is 32.5 Å². The molecule has 0 aliphatic carbocycles. The minimum absolute atomic E-state index is 0.239. The maximum absolute atomic E-state index is 12.4. The van der Waals surface area contributed by atoms with Gasteiger partial charge in [0.1, 0.15) is 0 Å². The molecular weight excluding hydrogens is 304 g/mol. The lowest BCUT2D eigenvalue weighted by Crippen LogP contribution is -2.20. The van der Waals surface area contributed by atoms with Crippen LogP contribution in [0.25, 0.3) is 22.2 Å². The van der Waals surface area contributed by atoms with Crippen molar-refractivity contribution in [1.29, 1.82) is 0 Å². The summed E-state index contributed by atoms with van der Waals surface area (Å²) in [5.41, 5.74) is 1.95. The summed E-state index contributed by atoms with van der Waals surface area (Å²) in [7, 11) is 6.01. The van der Waals surface area contributed by atoms with Gasteiger partial charge in [-0.25, -0.2) is 0 Å². The van der Waals surface area contributed by atoms with E-state index in [2.05, 4.69) is 25.4 Å². The number of aromatic amines is 1. The Morgan fingerprint density at radius 3 is 2.79 bits per heavy atom. The average molecular weight is 326 g/mol. The number of H-pyrrole nitrogens is 1. The van der Waals surface area contributed by atoms with Crippen LogP contribution in [0.3, 0.4) is 0 Å². The van der Waals surface area contributed by atoms with Crippen molar-refractivity contribution in [3.8, 4) is 11.3 Å². The summed E-state index contributed by atoms with van der Waals surface area (Å²) < 4.78 is 1.99. The highest BCUT2D eigenvalue weighted by molar-refractivity contribution is 5.94. The van der Waals surface area contributed by atoms with Crippen LogP contribution >= 0.6 is 0 Å². The predicted octanol–water partition coefficient (Wildman–Crippen LogP) is 1.69. The summed E-state index contributed by atoms with van der Waals surface area (Å²) in [5, 5.41) is 12.3. The van der Waals surface area contributed by atoms with E-state index in [1.807, 2.05) is 56.2 Å². The number of fused-ring (bicyclic) bond motifs is 1. The maximum Gasteiger partial charge on any atom is 0.279 e. The minimum atomic E-state index is -0.239. The molecule has 2 heterocycles. The molecule has 0 saturated carbocycles. The second-order valence-electron chi connectivity index (χ2n) is 6.11. The van der Waals surface area contributed by atoms with E-state index in [0.29, 0.717) is 11.6 Å². The first-order chi connectivity index (χ1) is 11.6. The molecule has 0 aliphatic rings. The fraction of sp³-hybridized carbons (Fsp3) is 0.353. The smallest absolute Gasteiger partial charge is 0.279 e. The van der Waals surface area contributed by atoms with E-state index in [1.165, 1.54) is 0 Å². The molecule has 0 amide bonds. The van der Waals surface area contributed by atoms with Gasteiger partial charge in [-0.15, -0.1) is 10.2 Å². The lowest BCUT2D eigenvalue weighted by Gasteiger charge is -2.09. The molecule has 0 unspecified atom stereocenters. The largest absolute Gasteiger partial charge is 0.354 e. The Morgan fingerprint density at radius 2 is 2.04 bits per heavy atom. The molecule has 0 spiro atoms. The first kappa shape index (κ1) is 16.2. The number of rotatable bonds is 6. The summed E-state index contributed by atoms with van der Waals surface area (Å²) >= 11 is 0. The van der Waals surface area contributed by atoms with Crippen molar-refractivity contribution >= 4 is 16.9 Å². The molecule has 24 heavy (non-hydrogen) atoms. The number of anilines is 1. The van der Waals surface area contributed by atoms with E-state index in [-0.39, 0.29) is 5.56 Å². The van der Waals surface area contributed by atoms with E-state index in [4.69, 9.17) is 0 Å². The van der Waals surface area contributed by atoms with Crippen LogP contribution in [0.5, 0.6) is 0 Å². The standard InChI is InChI=1S/C17H22N6O/c1-22(2)10-6-9-18-17-19-16(24)15(20-21-17)13-11-23(3)14-8-5-4-7-12(13)14/h4-5,7-8,11H,6,9-10H2,1-3H3,(H2,18,19,21,24). The van der Waals surface area contributed by atoms with Crippen molar-refractivity contribution in [1.82, 2.24) is 24.6 Å². The molecule has 0 radical (unpaired) electrons. The third kappa shape index (κ3) is 3.30. The molecule has 0 saturated heterocycles. The topological polar surface area (TPSA) is 78.8 Å². The molecule has 7 nitrogen and oxygen atoms in total. The van der Waals surface area contributed by atoms with Crippen LogP contribution in [0.4, 0.5) is 5.95 Å². The summed E-state index contributed by atoms with van der Waals surface area (Å²) in [6.45, 7) is 1.70. The van der Waals surface area contributed by atoms with Gasteiger partial charge in [0.25, 0.3) is 5.56 Å². The molecule has 0 fully saturated rings. The van der Waals surface area contributed by atoms with Gasteiger partial charge in [0.05, 0.1) is 0 Å². The van der Waals surface area contributed by atoms with Crippen LogP contribution in [0.15, 0.2) is 35.3 Å². The molecule has 1 aromatic carbocycles. The van der Waals surface area contributed by atoms with Crippen LogP contribution in [-0.2, 0) is 7.05 Å². The van der Waals surface area contributed by atoms with Gasteiger partial charge in [-0.2, -0.15) is 0 Å². The average Bonchev–Trinajstić information content (AvgIpc) is 2.89. The second kappa shape index (κ2) is 6.84. The summed E-state index contributed by atoms with van der Waals surface area (Å²) in [6, 6.07) is 7.93. The summed E-state index contributed by atoms with van der Waals surface area (Å²) in [6.07, 6.45) is 2.87. The molecule has 2 N–H and O–H groups in total. The Morgan fingerprint density at radius 1 is 1.25 bits per heavy atom. The number of aryl methyl sites for hydroxylation is 1. The van der Waals surface area contributed by atoms with Crippen molar-refractivity contribution in [3.05, 3.63) is 40.8 Å². The molecule has 2 aromatic heterocycles. The molecular formula is C17H22N6O. The third-order valence-corrected chi connectivity index (χ3v) is 3.92. The highest BCUT2D eigenvalue weighted by Crippen LogP contribution is 2.26. The van der Waals surface area contributed by atoms with Crippen LogP contribution in [0.2, 0.25) is 0 Å². The molecule has 0 aliphatic heterocycles. The van der Waals surface area contributed by atoms with Gasteiger partial charge in [0.2, 0.25) is 5.95 Å².